The molecule has 0 aromatic rings. The lowest BCUT2D eigenvalue weighted by molar-refractivity contribution is -0.258. The molecule has 0 saturated heterocycles. The minimum Gasteiger partial charge on any atom is -0.346 e. The van der Waals surface area contributed by atoms with E-state index in [0.717, 1.165) is 0 Å². The molecule has 0 radical (unpaired) electrons. The number of hydrogen-bond donors (Lipinski definition) is 1. The molecule has 0 aromatic carbocycles. The Hall–Kier alpha value is 0.460. The van der Waals surface area contributed by atoms with E-state index in [1.165, 1.54) is 0 Å². The summed E-state index contributed by atoms with van der Waals surface area (Å²) in [7, 11) is 0. The predicted molar refractivity (Wildman–Crippen MR) is 39.4 cm³/mol. The van der Waals surface area contributed by atoms with Crippen LogP contribution in [0.3, 0.4) is 0 Å². The Morgan fingerprint density at radius 3 is 1.80 bits per heavy atom. The van der Waals surface area contributed by atoms with Crippen LogP contribution in [-0.4, -0.2) is 36.6 Å². The zero-order valence-electron chi connectivity index (χ0n) is 5.43. The summed E-state index contributed by atoms with van der Waals surface area (Å²) in [6.45, 7) is -0.659. The molecule has 0 amide bonds. The molecule has 0 spiro atoms. The van der Waals surface area contributed by atoms with Crippen LogP contribution in [0.4, 0.5) is 0 Å². The minimum absolute atomic E-state index is 0.269. The van der Waals surface area contributed by atoms with Crippen molar-refractivity contribution in [1.29, 1.82) is 0 Å². The lowest BCUT2D eigenvalue weighted by Gasteiger charge is -2.09. The first-order valence-corrected chi connectivity index (χ1v) is 3.91. The molecular weight excluding hydrogens is 179 g/mol. The second-order valence-corrected chi connectivity index (χ2v) is 2.18. The highest BCUT2D eigenvalue weighted by Crippen LogP contribution is 1.91. The second-order valence-electron chi connectivity index (χ2n) is 1.43. The van der Waals surface area contributed by atoms with Crippen molar-refractivity contribution < 1.29 is 14.6 Å². The van der Waals surface area contributed by atoms with E-state index in [1.54, 1.807) is 0 Å². The van der Waals surface area contributed by atoms with Gasteiger partial charge in [0.05, 0.1) is 13.2 Å². The third-order valence-corrected chi connectivity index (χ3v) is 0.984. The Morgan fingerprint density at radius 1 is 1.10 bits per heavy atom. The zero-order chi connectivity index (χ0) is 7.82. The summed E-state index contributed by atoms with van der Waals surface area (Å²) in [4.78, 5) is 0. The highest BCUT2D eigenvalue weighted by molar-refractivity contribution is 6.18. The van der Waals surface area contributed by atoms with Crippen LogP contribution in [-0.2, 0) is 9.47 Å². The molecule has 0 unspecified atom stereocenters. The number of hydrogen-bond acceptors (Lipinski definition) is 3. The lowest BCUT2D eigenvalue weighted by atomic mass is 10.8. The Morgan fingerprint density at radius 2 is 1.50 bits per heavy atom. The van der Waals surface area contributed by atoms with Crippen LogP contribution in [0.25, 0.3) is 0 Å². The number of aliphatic hydroxyl groups excluding tert-OH is 1. The van der Waals surface area contributed by atoms with Gasteiger partial charge in [-0.15, -0.1) is 23.2 Å². The van der Waals surface area contributed by atoms with Crippen molar-refractivity contribution in [2.24, 2.45) is 0 Å². The van der Waals surface area contributed by atoms with E-state index in [1.807, 2.05) is 0 Å². The first-order chi connectivity index (χ1) is 4.81. The normalized spacial score (nSPS) is 10.8. The number of rotatable bonds is 6. The van der Waals surface area contributed by atoms with Crippen molar-refractivity contribution in [3.05, 3.63) is 0 Å². The monoisotopic (exact) mass is 188 g/mol. The van der Waals surface area contributed by atoms with Crippen LogP contribution < -0.4 is 0 Å². The van der Waals surface area contributed by atoms with Crippen molar-refractivity contribution in [2.75, 3.05) is 25.0 Å². The smallest absolute Gasteiger partial charge is 0.269 e. The van der Waals surface area contributed by atoms with Crippen LogP contribution in [0, 0.1) is 0 Å². The summed E-state index contributed by atoms with van der Waals surface area (Å²) in [5, 5.41) is 8.75. The van der Waals surface area contributed by atoms with Gasteiger partial charge in [-0.3, -0.25) is 0 Å². The summed E-state index contributed by atoms with van der Waals surface area (Å²) >= 11 is 10.5. The van der Waals surface area contributed by atoms with E-state index in [2.05, 4.69) is 9.47 Å². The third-order valence-electron chi connectivity index (χ3n) is 0.675. The molecular formula is C5H10Cl2O3. The summed E-state index contributed by atoms with van der Waals surface area (Å²) < 4.78 is 9.27. The molecule has 62 valence electrons. The maximum absolute atomic E-state index is 8.75. The average molecular weight is 189 g/mol. The Kier molecular flexibility index (Phi) is 7.91. The zero-order valence-corrected chi connectivity index (χ0v) is 6.94. The molecule has 0 heterocycles. The van der Waals surface area contributed by atoms with Gasteiger partial charge in [-0.05, 0) is 0 Å². The summed E-state index contributed by atoms with van der Waals surface area (Å²) in [6.07, 6.45) is 0. The molecule has 0 aromatic heterocycles. The molecule has 1 N–H and O–H groups in total. The molecule has 0 aliphatic heterocycles. The first-order valence-electron chi connectivity index (χ1n) is 2.84. The molecule has 3 nitrogen and oxygen atoms in total. The van der Waals surface area contributed by atoms with Gasteiger partial charge in [-0.1, -0.05) is 0 Å². The SMILES string of the molecule is OC(OCCCl)OCCCl. The van der Waals surface area contributed by atoms with E-state index in [0.29, 0.717) is 11.8 Å². The molecule has 0 rings (SSSR count). The molecule has 0 aliphatic carbocycles. The van der Waals surface area contributed by atoms with E-state index >= 15 is 0 Å². The van der Waals surface area contributed by atoms with Crippen molar-refractivity contribution in [3.8, 4) is 0 Å². The standard InChI is InChI=1S/C5H10Cl2O3/c6-1-3-9-5(8)10-4-2-7/h5,8H,1-4H2. The summed E-state index contributed by atoms with van der Waals surface area (Å²) in [6, 6.07) is 0. The van der Waals surface area contributed by atoms with Gasteiger partial charge >= 0.3 is 0 Å². The van der Waals surface area contributed by atoms with Crippen molar-refractivity contribution >= 4 is 23.2 Å². The molecule has 0 fully saturated rings. The van der Waals surface area contributed by atoms with Gasteiger partial charge in [0.25, 0.3) is 6.48 Å². The van der Waals surface area contributed by atoms with Crippen LogP contribution in [0.5, 0.6) is 0 Å². The molecule has 5 heteroatoms. The molecule has 0 bridgehead atoms. The second kappa shape index (κ2) is 7.57. The van der Waals surface area contributed by atoms with Crippen molar-refractivity contribution in [3.63, 3.8) is 0 Å². The maximum atomic E-state index is 8.75. The Labute approximate surface area is 69.8 Å². The maximum Gasteiger partial charge on any atom is 0.269 e. The van der Waals surface area contributed by atoms with Crippen molar-refractivity contribution in [2.45, 2.75) is 6.48 Å². The van der Waals surface area contributed by atoms with Crippen LogP contribution in [0.2, 0.25) is 0 Å². The minimum atomic E-state index is -1.20. The molecule has 10 heavy (non-hydrogen) atoms. The average Bonchev–Trinajstić information content (AvgIpc) is 1.97. The van der Waals surface area contributed by atoms with Gasteiger partial charge in [-0.2, -0.15) is 0 Å². The van der Waals surface area contributed by atoms with Gasteiger partial charge in [0, 0.05) is 11.8 Å². The summed E-state index contributed by atoms with van der Waals surface area (Å²) in [5.41, 5.74) is 0. The number of alkyl halides is 2. The number of halogens is 2. The quantitative estimate of drug-likeness (QED) is 0.495. The first kappa shape index (κ1) is 10.5. The predicted octanol–water partition coefficient (Wildman–Crippen LogP) is 0.773. The highest BCUT2D eigenvalue weighted by Gasteiger charge is 2.00. The fourth-order valence-electron chi connectivity index (χ4n) is 0.339. The Bertz CT molecular complexity index is 63.9. The lowest BCUT2D eigenvalue weighted by Crippen LogP contribution is -2.18. The van der Waals surface area contributed by atoms with Crippen molar-refractivity contribution in [1.82, 2.24) is 0 Å². The molecule has 0 atom stereocenters. The van der Waals surface area contributed by atoms with Crippen LogP contribution >= 0.6 is 23.2 Å². The summed E-state index contributed by atoms with van der Waals surface area (Å²) in [5.74, 6) is 0.669. The number of aliphatic hydroxyl groups is 1. The fraction of sp³-hybridized carbons (Fsp3) is 1.00. The third kappa shape index (κ3) is 6.58. The fourth-order valence-corrected chi connectivity index (χ4v) is 0.517. The van der Waals surface area contributed by atoms with Gasteiger partial charge in [0.15, 0.2) is 0 Å². The largest absolute Gasteiger partial charge is 0.346 e. The Balaban J connectivity index is 3.00. The topological polar surface area (TPSA) is 38.7 Å². The van der Waals surface area contributed by atoms with E-state index in [-0.39, 0.29) is 13.2 Å². The highest BCUT2D eigenvalue weighted by atomic mass is 35.5. The van der Waals surface area contributed by atoms with Gasteiger partial charge < -0.3 is 14.6 Å². The van der Waals surface area contributed by atoms with Gasteiger partial charge in [0.1, 0.15) is 0 Å². The van der Waals surface area contributed by atoms with E-state index < -0.39 is 6.48 Å². The van der Waals surface area contributed by atoms with E-state index in [4.69, 9.17) is 28.3 Å². The van der Waals surface area contributed by atoms with Crippen LogP contribution in [0.15, 0.2) is 0 Å². The van der Waals surface area contributed by atoms with Gasteiger partial charge in [0.2, 0.25) is 0 Å². The molecule has 0 saturated carbocycles. The van der Waals surface area contributed by atoms with Gasteiger partial charge in [-0.25, -0.2) is 0 Å². The molecule has 0 aliphatic rings. The number of ether oxygens (including phenoxy) is 2. The van der Waals surface area contributed by atoms with E-state index in [9.17, 15) is 0 Å². The van der Waals surface area contributed by atoms with Crippen LogP contribution in [0.1, 0.15) is 0 Å².